The van der Waals surface area contributed by atoms with Crippen LogP contribution in [-0.2, 0) is 9.59 Å². The van der Waals surface area contributed by atoms with Crippen molar-refractivity contribution in [2.24, 2.45) is 0 Å². The Morgan fingerprint density at radius 3 is 2.36 bits per heavy atom. The lowest BCUT2D eigenvalue weighted by Gasteiger charge is -2.41. The zero-order valence-corrected chi connectivity index (χ0v) is 7.62. The molecule has 0 bridgehead atoms. The molecule has 1 saturated heterocycles. The molecule has 0 radical (unpaired) electrons. The van der Waals surface area contributed by atoms with E-state index in [2.05, 4.69) is 5.32 Å². The molecule has 1 N–H and O–H groups in total. The summed E-state index contributed by atoms with van der Waals surface area (Å²) in [5.41, 5.74) is 0. The second kappa shape index (κ2) is 2.52. The predicted octanol–water partition coefficient (Wildman–Crippen LogP) is 0.543. The molecule has 1 rings (SSSR count). The molecule has 11 heavy (non-hydrogen) atoms. The van der Waals surface area contributed by atoms with Crippen LogP contribution in [0.15, 0.2) is 0 Å². The largest absolute Gasteiger partial charge is 0.344 e. The maximum Gasteiger partial charge on any atom is 0.217 e. The molecule has 1 aliphatic rings. The van der Waals surface area contributed by atoms with Gasteiger partial charge in [-0.1, -0.05) is 11.8 Å². The quantitative estimate of drug-likeness (QED) is 0.629. The van der Waals surface area contributed by atoms with Crippen LogP contribution in [0.25, 0.3) is 0 Å². The van der Waals surface area contributed by atoms with Crippen LogP contribution >= 0.6 is 11.8 Å². The van der Waals surface area contributed by atoms with Crippen molar-refractivity contribution in [3.05, 3.63) is 0 Å². The van der Waals surface area contributed by atoms with Gasteiger partial charge in [0.15, 0.2) is 0 Å². The van der Waals surface area contributed by atoms with Crippen LogP contribution in [0, 0.1) is 0 Å². The Balaban J connectivity index is 2.57. The van der Waals surface area contributed by atoms with Crippen LogP contribution in [-0.4, -0.2) is 21.8 Å². The zero-order valence-electron chi connectivity index (χ0n) is 6.80. The number of carbonyl (C=O) groups is 2. The summed E-state index contributed by atoms with van der Waals surface area (Å²) in [5, 5.41) is 2.67. The topological polar surface area (TPSA) is 46.2 Å². The van der Waals surface area contributed by atoms with Crippen molar-refractivity contribution in [1.29, 1.82) is 0 Å². The summed E-state index contributed by atoms with van der Waals surface area (Å²) >= 11 is 1.28. The zero-order chi connectivity index (χ0) is 8.65. The number of nitrogens with one attached hydrogen (secondary N) is 1. The normalized spacial score (nSPS) is 27.5. The van der Waals surface area contributed by atoms with Crippen LogP contribution in [0.3, 0.4) is 0 Å². The van der Waals surface area contributed by atoms with E-state index in [1.54, 1.807) is 0 Å². The first kappa shape index (κ1) is 8.59. The third kappa shape index (κ3) is 1.56. The standard InChI is InChI=1S/C7H11NO2S/c1-4(9)8-5-6(10)11-7(5,2)3/h5H,1-3H3,(H,8,9)/t5-/m1/s1. The van der Waals surface area contributed by atoms with Gasteiger partial charge in [0.2, 0.25) is 11.0 Å². The molecule has 1 aliphatic heterocycles. The average molecular weight is 173 g/mol. The van der Waals surface area contributed by atoms with Gasteiger partial charge in [-0.25, -0.2) is 0 Å². The van der Waals surface area contributed by atoms with Crippen molar-refractivity contribution in [3.63, 3.8) is 0 Å². The third-order valence-corrected chi connectivity index (χ3v) is 2.84. The fourth-order valence-electron chi connectivity index (χ4n) is 1.04. The van der Waals surface area contributed by atoms with Crippen LogP contribution in [0.5, 0.6) is 0 Å². The Hall–Kier alpha value is -0.510. The number of carbonyl (C=O) groups excluding carboxylic acids is 2. The third-order valence-electron chi connectivity index (χ3n) is 1.64. The average Bonchev–Trinajstić information content (AvgIpc) is 1.82. The molecule has 0 spiro atoms. The Bertz CT molecular complexity index is 212. The smallest absolute Gasteiger partial charge is 0.217 e. The van der Waals surface area contributed by atoms with Crippen molar-refractivity contribution in [1.82, 2.24) is 5.32 Å². The second-order valence-corrected chi connectivity index (χ2v) is 4.82. The molecule has 0 unspecified atom stereocenters. The Morgan fingerprint density at radius 2 is 2.18 bits per heavy atom. The molecule has 0 saturated carbocycles. The number of thioether (sulfide) groups is 1. The summed E-state index contributed by atoms with van der Waals surface area (Å²) in [6.45, 7) is 5.31. The van der Waals surface area contributed by atoms with Gasteiger partial charge in [-0.2, -0.15) is 0 Å². The molecule has 0 aliphatic carbocycles. The minimum Gasteiger partial charge on any atom is -0.344 e. The van der Waals surface area contributed by atoms with E-state index in [4.69, 9.17) is 0 Å². The lowest BCUT2D eigenvalue weighted by atomic mass is 10.0. The van der Waals surface area contributed by atoms with E-state index in [-0.39, 0.29) is 21.8 Å². The number of hydrogen-bond donors (Lipinski definition) is 1. The van der Waals surface area contributed by atoms with Crippen LogP contribution in [0.2, 0.25) is 0 Å². The van der Waals surface area contributed by atoms with Gasteiger partial charge < -0.3 is 5.32 Å². The minimum absolute atomic E-state index is 0.0604. The summed E-state index contributed by atoms with van der Waals surface area (Å²) in [6.07, 6.45) is 0. The maximum atomic E-state index is 10.9. The molecule has 1 fully saturated rings. The number of rotatable bonds is 1. The molecule has 4 heteroatoms. The van der Waals surface area contributed by atoms with E-state index in [9.17, 15) is 9.59 Å². The van der Waals surface area contributed by atoms with Crippen molar-refractivity contribution in [3.8, 4) is 0 Å². The lowest BCUT2D eigenvalue weighted by Crippen LogP contribution is -2.59. The summed E-state index contributed by atoms with van der Waals surface area (Å²) < 4.78 is -0.122. The molecule has 0 aromatic carbocycles. The fraction of sp³-hybridized carbons (Fsp3) is 0.714. The summed E-state index contributed by atoms with van der Waals surface area (Å²) in [4.78, 5) is 21.5. The first-order valence-corrected chi connectivity index (χ1v) is 4.25. The van der Waals surface area contributed by atoms with Gasteiger partial charge in [0.1, 0.15) is 6.04 Å². The van der Waals surface area contributed by atoms with E-state index < -0.39 is 0 Å². The van der Waals surface area contributed by atoms with E-state index in [1.165, 1.54) is 18.7 Å². The first-order chi connectivity index (χ1) is 4.93. The van der Waals surface area contributed by atoms with Crippen LogP contribution in [0.4, 0.5) is 0 Å². The molecule has 0 aromatic heterocycles. The molecule has 3 nitrogen and oxygen atoms in total. The molecule has 0 aromatic rings. The van der Waals surface area contributed by atoms with Crippen molar-refractivity contribution >= 4 is 22.8 Å². The van der Waals surface area contributed by atoms with Gasteiger partial charge in [-0.15, -0.1) is 0 Å². The highest BCUT2D eigenvalue weighted by atomic mass is 32.2. The lowest BCUT2D eigenvalue weighted by molar-refractivity contribution is -0.124. The van der Waals surface area contributed by atoms with Crippen LogP contribution < -0.4 is 5.32 Å². The van der Waals surface area contributed by atoms with Gasteiger partial charge in [0.25, 0.3) is 0 Å². The Labute approximate surface area is 69.9 Å². The van der Waals surface area contributed by atoms with Gasteiger partial charge >= 0.3 is 0 Å². The van der Waals surface area contributed by atoms with E-state index in [0.717, 1.165) is 0 Å². The van der Waals surface area contributed by atoms with E-state index in [1.807, 2.05) is 13.8 Å². The molecular weight excluding hydrogens is 162 g/mol. The van der Waals surface area contributed by atoms with Gasteiger partial charge in [0.05, 0.1) is 0 Å². The fourth-order valence-corrected chi connectivity index (χ4v) is 2.13. The summed E-state index contributed by atoms with van der Waals surface area (Å²) in [5.74, 6) is -0.142. The van der Waals surface area contributed by atoms with Gasteiger partial charge in [0, 0.05) is 11.7 Å². The molecule has 1 amide bonds. The Kier molecular flexibility index (Phi) is 1.96. The van der Waals surface area contributed by atoms with E-state index in [0.29, 0.717) is 0 Å². The highest BCUT2D eigenvalue weighted by Gasteiger charge is 2.48. The maximum absolute atomic E-state index is 10.9. The van der Waals surface area contributed by atoms with E-state index >= 15 is 0 Å². The van der Waals surface area contributed by atoms with Crippen molar-refractivity contribution in [2.75, 3.05) is 0 Å². The molecule has 1 heterocycles. The monoisotopic (exact) mass is 173 g/mol. The number of hydrogen-bond acceptors (Lipinski definition) is 3. The van der Waals surface area contributed by atoms with Crippen molar-refractivity contribution < 1.29 is 9.59 Å². The molecule has 1 atom stereocenters. The first-order valence-electron chi connectivity index (χ1n) is 3.43. The molecule has 62 valence electrons. The SMILES string of the molecule is CC(=O)N[C@@H]1C(=O)SC1(C)C. The summed E-state index contributed by atoms with van der Waals surface area (Å²) in [7, 11) is 0. The molecular formula is C7H11NO2S. The van der Waals surface area contributed by atoms with Gasteiger partial charge in [-0.05, 0) is 13.8 Å². The predicted molar refractivity (Wildman–Crippen MR) is 44.3 cm³/mol. The highest BCUT2D eigenvalue weighted by molar-refractivity contribution is 8.17. The highest BCUT2D eigenvalue weighted by Crippen LogP contribution is 2.41. The van der Waals surface area contributed by atoms with Gasteiger partial charge in [-0.3, -0.25) is 9.59 Å². The minimum atomic E-state index is -0.287. The summed E-state index contributed by atoms with van der Waals surface area (Å²) in [6, 6.07) is -0.287. The van der Waals surface area contributed by atoms with Crippen molar-refractivity contribution in [2.45, 2.75) is 31.6 Å². The number of amides is 1. The van der Waals surface area contributed by atoms with Crippen LogP contribution in [0.1, 0.15) is 20.8 Å². The Morgan fingerprint density at radius 1 is 1.64 bits per heavy atom. The second-order valence-electron chi connectivity index (χ2n) is 3.16.